The Morgan fingerprint density at radius 1 is 1.26 bits per heavy atom. The maximum Gasteiger partial charge on any atom is 0.251 e. The zero-order valence-corrected chi connectivity index (χ0v) is 10.6. The number of aromatic amines is 1. The van der Waals surface area contributed by atoms with Crippen LogP contribution in [0.1, 0.15) is 10.4 Å². The van der Waals surface area contributed by atoms with Gasteiger partial charge in [-0.3, -0.25) is 14.7 Å². The number of aromatic nitrogens is 2. The van der Waals surface area contributed by atoms with E-state index >= 15 is 0 Å². The Labute approximate surface area is 114 Å². The van der Waals surface area contributed by atoms with Crippen molar-refractivity contribution >= 4 is 29.1 Å². The van der Waals surface area contributed by atoms with E-state index in [1.54, 1.807) is 30.5 Å². The monoisotopic (exact) mass is 278 g/mol. The van der Waals surface area contributed by atoms with Crippen LogP contribution in [0.25, 0.3) is 0 Å². The molecule has 2 aromatic rings. The molecule has 0 saturated carbocycles. The van der Waals surface area contributed by atoms with Gasteiger partial charge in [-0.05, 0) is 24.3 Å². The molecule has 2 rings (SSSR count). The number of carbonyl (C=O) groups excluding carboxylic acids is 2. The van der Waals surface area contributed by atoms with E-state index in [0.717, 1.165) is 0 Å². The van der Waals surface area contributed by atoms with Crippen LogP contribution in [0.2, 0.25) is 5.02 Å². The molecule has 3 N–H and O–H groups in total. The van der Waals surface area contributed by atoms with Gasteiger partial charge in [0.2, 0.25) is 5.91 Å². The molecule has 0 saturated heterocycles. The van der Waals surface area contributed by atoms with Crippen LogP contribution in [-0.4, -0.2) is 28.6 Å². The third-order valence-corrected chi connectivity index (χ3v) is 2.55. The summed E-state index contributed by atoms with van der Waals surface area (Å²) >= 11 is 5.72. The standard InChI is InChI=1S/C12H11ClN4O2/c13-9-3-1-8(2-4-9)12(19)14-7-11(18)17-10-5-15-16-6-10/h1-6H,7H2,(H,14,19)(H,15,16)(H,17,18). The lowest BCUT2D eigenvalue weighted by Crippen LogP contribution is -2.32. The van der Waals surface area contributed by atoms with Crippen LogP contribution in [0.3, 0.4) is 0 Å². The molecule has 19 heavy (non-hydrogen) atoms. The minimum Gasteiger partial charge on any atom is -0.343 e. The van der Waals surface area contributed by atoms with Crippen molar-refractivity contribution in [1.82, 2.24) is 15.5 Å². The number of hydrogen-bond acceptors (Lipinski definition) is 3. The topological polar surface area (TPSA) is 86.9 Å². The number of halogens is 1. The summed E-state index contributed by atoms with van der Waals surface area (Å²) in [5.74, 6) is -0.664. The van der Waals surface area contributed by atoms with Crippen LogP contribution in [0, 0.1) is 0 Å². The Bertz CT molecular complexity index is 566. The van der Waals surface area contributed by atoms with E-state index in [-0.39, 0.29) is 18.4 Å². The predicted molar refractivity (Wildman–Crippen MR) is 71.0 cm³/mol. The summed E-state index contributed by atoms with van der Waals surface area (Å²) in [5, 5.41) is 11.9. The van der Waals surface area contributed by atoms with Crippen molar-refractivity contribution in [3.63, 3.8) is 0 Å². The van der Waals surface area contributed by atoms with Crippen LogP contribution in [0.4, 0.5) is 5.69 Å². The number of amides is 2. The van der Waals surface area contributed by atoms with E-state index in [9.17, 15) is 9.59 Å². The number of nitrogens with one attached hydrogen (secondary N) is 3. The van der Waals surface area contributed by atoms with Crippen molar-refractivity contribution in [2.45, 2.75) is 0 Å². The molecular weight excluding hydrogens is 268 g/mol. The number of hydrogen-bond donors (Lipinski definition) is 3. The molecule has 7 heteroatoms. The molecule has 2 amide bonds. The third-order valence-electron chi connectivity index (χ3n) is 2.30. The van der Waals surface area contributed by atoms with E-state index in [1.165, 1.54) is 6.20 Å². The SMILES string of the molecule is O=C(CNC(=O)c1ccc(Cl)cc1)Nc1cn[nH]c1. The molecule has 0 aliphatic carbocycles. The van der Waals surface area contributed by atoms with Crippen molar-refractivity contribution in [1.29, 1.82) is 0 Å². The van der Waals surface area contributed by atoms with Gasteiger partial charge in [-0.1, -0.05) is 11.6 Å². The summed E-state index contributed by atoms with van der Waals surface area (Å²) in [4.78, 5) is 23.2. The second-order valence-electron chi connectivity index (χ2n) is 3.72. The fraction of sp³-hybridized carbons (Fsp3) is 0.0833. The van der Waals surface area contributed by atoms with E-state index in [0.29, 0.717) is 16.3 Å². The molecule has 0 aliphatic rings. The second kappa shape index (κ2) is 6.01. The molecule has 0 spiro atoms. The van der Waals surface area contributed by atoms with Crippen molar-refractivity contribution in [3.05, 3.63) is 47.2 Å². The van der Waals surface area contributed by atoms with Crippen LogP contribution < -0.4 is 10.6 Å². The van der Waals surface area contributed by atoms with Gasteiger partial charge in [0.15, 0.2) is 0 Å². The fourth-order valence-corrected chi connectivity index (χ4v) is 1.51. The Hall–Kier alpha value is -2.34. The number of rotatable bonds is 4. The van der Waals surface area contributed by atoms with E-state index in [4.69, 9.17) is 11.6 Å². The molecule has 6 nitrogen and oxygen atoms in total. The van der Waals surface area contributed by atoms with Crippen LogP contribution in [0.5, 0.6) is 0 Å². The molecule has 0 radical (unpaired) electrons. The van der Waals surface area contributed by atoms with Gasteiger partial charge in [-0.2, -0.15) is 5.10 Å². The van der Waals surface area contributed by atoms with Crippen molar-refractivity contribution in [2.75, 3.05) is 11.9 Å². The summed E-state index contributed by atoms with van der Waals surface area (Å²) in [7, 11) is 0. The minimum absolute atomic E-state index is 0.118. The van der Waals surface area contributed by atoms with Crippen LogP contribution in [-0.2, 0) is 4.79 Å². The van der Waals surface area contributed by atoms with Gasteiger partial charge in [0.1, 0.15) is 0 Å². The lowest BCUT2D eigenvalue weighted by Gasteiger charge is -2.05. The van der Waals surface area contributed by atoms with Crippen LogP contribution in [0.15, 0.2) is 36.7 Å². The fourth-order valence-electron chi connectivity index (χ4n) is 1.39. The molecule has 0 fully saturated rings. The molecule has 98 valence electrons. The molecule has 0 atom stereocenters. The highest BCUT2D eigenvalue weighted by Gasteiger charge is 2.08. The van der Waals surface area contributed by atoms with Gasteiger partial charge in [0.25, 0.3) is 5.91 Å². The molecule has 1 heterocycles. The average Bonchev–Trinajstić information content (AvgIpc) is 2.89. The minimum atomic E-state index is -0.334. The molecule has 0 aliphatic heterocycles. The maximum absolute atomic E-state index is 11.7. The Kier molecular flexibility index (Phi) is 4.15. The van der Waals surface area contributed by atoms with Gasteiger partial charge < -0.3 is 10.6 Å². The molecule has 0 bridgehead atoms. The first-order valence-electron chi connectivity index (χ1n) is 5.47. The molecule has 1 aromatic carbocycles. The summed E-state index contributed by atoms with van der Waals surface area (Å²) in [6, 6.07) is 6.40. The maximum atomic E-state index is 11.7. The Morgan fingerprint density at radius 3 is 2.63 bits per heavy atom. The average molecular weight is 279 g/mol. The highest BCUT2D eigenvalue weighted by atomic mass is 35.5. The summed E-state index contributed by atoms with van der Waals surface area (Å²) in [6.45, 7) is -0.118. The quantitative estimate of drug-likeness (QED) is 0.791. The van der Waals surface area contributed by atoms with Crippen molar-refractivity contribution in [3.8, 4) is 0 Å². The van der Waals surface area contributed by atoms with E-state index in [2.05, 4.69) is 20.8 Å². The highest BCUT2D eigenvalue weighted by molar-refractivity contribution is 6.30. The predicted octanol–water partition coefficient (Wildman–Crippen LogP) is 1.43. The molecular formula is C12H11ClN4O2. The van der Waals surface area contributed by atoms with E-state index in [1.807, 2.05) is 0 Å². The Morgan fingerprint density at radius 2 is 2.00 bits per heavy atom. The summed E-state index contributed by atoms with van der Waals surface area (Å²) in [6.07, 6.45) is 3.01. The molecule has 0 unspecified atom stereocenters. The highest BCUT2D eigenvalue weighted by Crippen LogP contribution is 2.09. The van der Waals surface area contributed by atoms with Gasteiger partial charge in [-0.15, -0.1) is 0 Å². The van der Waals surface area contributed by atoms with Gasteiger partial charge in [0, 0.05) is 16.8 Å². The zero-order chi connectivity index (χ0) is 13.7. The smallest absolute Gasteiger partial charge is 0.251 e. The van der Waals surface area contributed by atoms with Crippen molar-refractivity contribution in [2.24, 2.45) is 0 Å². The largest absolute Gasteiger partial charge is 0.343 e. The van der Waals surface area contributed by atoms with Gasteiger partial charge >= 0.3 is 0 Å². The second-order valence-corrected chi connectivity index (χ2v) is 4.16. The molecule has 1 aromatic heterocycles. The zero-order valence-electron chi connectivity index (χ0n) is 9.81. The lowest BCUT2D eigenvalue weighted by molar-refractivity contribution is -0.115. The summed E-state index contributed by atoms with van der Waals surface area (Å²) in [5.41, 5.74) is 0.992. The Balaban J connectivity index is 1.83. The number of H-pyrrole nitrogens is 1. The number of benzene rings is 1. The van der Waals surface area contributed by atoms with E-state index < -0.39 is 0 Å². The number of anilines is 1. The normalized spacial score (nSPS) is 9.95. The van der Waals surface area contributed by atoms with Crippen molar-refractivity contribution < 1.29 is 9.59 Å². The first-order chi connectivity index (χ1) is 9.15. The third kappa shape index (κ3) is 3.82. The first kappa shape index (κ1) is 13.1. The lowest BCUT2D eigenvalue weighted by atomic mass is 10.2. The van der Waals surface area contributed by atoms with Crippen LogP contribution >= 0.6 is 11.6 Å². The number of carbonyl (C=O) groups is 2. The number of nitrogens with zero attached hydrogens (tertiary/aromatic N) is 1. The van der Waals surface area contributed by atoms with Gasteiger partial charge in [-0.25, -0.2) is 0 Å². The van der Waals surface area contributed by atoms with Gasteiger partial charge in [0.05, 0.1) is 18.4 Å². The first-order valence-corrected chi connectivity index (χ1v) is 5.85. The summed E-state index contributed by atoms with van der Waals surface area (Å²) < 4.78 is 0.